The van der Waals surface area contributed by atoms with Gasteiger partial charge in [0.15, 0.2) is 17.4 Å². The van der Waals surface area contributed by atoms with Crippen LogP contribution in [0, 0.1) is 17.5 Å². The van der Waals surface area contributed by atoms with Gasteiger partial charge in [0.1, 0.15) is 18.2 Å². The van der Waals surface area contributed by atoms with E-state index in [9.17, 15) is 18.0 Å². The first-order valence-electron chi connectivity index (χ1n) is 8.25. The Bertz CT molecular complexity index is 1020. The zero-order chi connectivity index (χ0) is 19.7. The topological polar surface area (TPSA) is 60.3 Å². The van der Waals surface area contributed by atoms with Crippen LogP contribution in [0.4, 0.5) is 13.2 Å². The summed E-state index contributed by atoms with van der Waals surface area (Å²) in [5, 5.41) is 9.75. The molecular formula is C18H13F3N4O2S. The molecule has 28 heavy (non-hydrogen) atoms. The molecule has 1 amide bonds. The Morgan fingerprint density at radius 3 is 2.61 bits per heavy atom. The quantitative estimate of drug-likeness (QED) is 0.666. The van der Waals surface area contributed by atoms with Crippen LogP contribution in [0.15, 0.2) is 47.6 Å². The number of aromatic nitrogens is 3. The largest absolute Gasteiger partial charge is 0.482 e. The van der Waals surface area contributed by atoms with E-state index in [1.165, 1.54) is 39.6 Å². The first-order valence-corrected chi connectivity index (χ1v) is 9.24. The molecule has 1 aliphatic heterocycles. The second-order valence-electron chi connectivity index (χ2n) is 5.86. The van der Waals surface area contributed by atoms with Crippen molar-refractivity contribution in [1.82, 2.24) is 14.9 Å². The molecule has 10 heteroatoms. The van der Waals surface area contributed by atoms with Crippen LogP contribution in [-0.4, -0.2) is 33.1 Å². The number of carbonyl (C=O) groups is 1. The minimum absolute atomic E-state index is 0.0355. The van der Waals surface area contributed by atoms with Crippen molar-refractivity contribution in [2.45, 2.75) is 11.8 Å². The summed E-state index contributed by atoms with van der Waals surface area (Å²) in [5.41, 5.74) is -0.134. The molecule has 0 saturated heterocycles. The van der Waals surface area contributed by atoms with Crippen LogP contribution in [0.25, 0.3) is 0 Å². The van der Waals surface area contributed by atoms with Crippen molar-refractivity contribution in [2.75, 3.05) is 17.3 Å². The predicted molar refractivity (Wildman–Crippen MR) is 95.3 cm³/mol. The van der Waals surface area contributed by atoms with E-state index in [0.29, 0.717) is 17.0 Å². The van der Waals surface area contributed by atoms with Crippen LogP contribution in [0.5, 0.6) is 5.75 Å². The Hall–Kier alpha value is -3.01. The van der Waals surface area contributed by atoms with Gasteiger partial charge in [-0.15, -0.1) is 10.2 Å². The van der Waals surface area contributed by atoms with Gasteiger partial charge in [0.05, 0.1) is 6.54 Å². The van der Waals surface area contributed by atoms with Crippen LogP contribution >= 0.6 is 11.8 Å². The van der Waals surface area contributed by atoms with Gasteiger partial charge in [0.25, 0.3) is 5.91 Å². The Balaban J connectivity index is 1.62. The predicted octanol–water partition coefficient (Wildman–Crippen LogP) is 3.16. The first kappa shape index (κ1) is 18.4. The van der Waals surface area contributed by atoms with E-state index in [4.69, 9.17) is 4.74 Å². The van der Waals surface area contributed by atoms with Crippen molar-refractivity contribution in [2.24, 2.45) is 0 Å². The molecule has 2 heterocycles. The van der Waals surface area contributed by atoms with Crippen molar-refractivity contribution >= 4 is 17.7 Å². The van der Waals surface area contributed by atoms with Crippen LogP contribution in [0.1, 0.15) is 16.2 Å². The third-order valence-electron chi connectivity index (χ3n) is 3.99. The molecule has 4 rings (SSSR count). The van der Waals surface area contributed by atoms with Gasteiger partial charge in [-0.3, -0.25) is 4.79 Å². The minimum Gasteiger partial charge on any atom is -0.482 e. The number of hydrogen-bond acceptors (Lipinski definition) is 5. The molecule has 0 fully saturated rings. The number of benzene rings is 2. The Kier molecular flexibility index (Phi) is 4.95. The van der Waals surface area contributed by atoms with E-state index < -0.39 is 23.4 Å². The van der Waals surface area contributed by atoms with Gasteiger partial charge >= 0.3 is 0 Å². The second-order valence-corrected chi connectivity index (χ2v) is 6.93. The molecule has 0 saturated carbocycles. The molecule has 2 aromatic carbocycles. The smallest absolute Gasteiger partial charge is 0.273 e. The van der Waals surface area contributed by atoms with Crippen molar-refractivity contribution in [3.8, 4) is 5.75 Å². The average molecular weight is 406 g/mol. The summed E-state index contributed by atoms with van der Waals surface area (Å²) in [6.45, 7) is 0.134. The second kappa shape index (κ2) is 7.55. The summed E-state index contributed by atoms with van der Waals surface area (Å²) >= 11 is 1.37. The van der Waals surface area contributed by atoms with Gasteiger partial charge in [-0.2, -0.15) is 0 Å². The number of ether oxygens (including phenoxy) is 1. The van der Waals surface area contributed by atoms with Gasteiger partial charge in [-0.25, -0.2) is 22.9 Å². The van der Waals surface area contributed by atoms with Crippen LogP contribution < -0.4 is 9.75 Å². The summed E-state index contributed by atoms with van der Waals surface area (Å²) in [6.07, 6.45) is 0. The first-order chi connectivity index (χ1) is 13.5. The summed E-state index contributed by atoms with van der Waals surface area (Å²) in [7, 11) is 0. The van der Waals surface area contributed by atoms with Gasteiger partial charge in [-0.1, -0.05) is 23.9 Å². The maximum absolute atomic E-state index is 13.8. The molecule has 0 unspecified atom stereocenters. The van der Waals surface area contributed by atoms with E-state index in [0.717, 1.165) is 12.1 Å². The van der Waals surface area contributed by atoms with E-state index in [2.05, 4.69) is 10.2 Å². The zero-order valence-electron chi connectivity index (χ0n) is 14.3. The molecule has 1 aliphatic rings. The minimum atomic E-state index is -0.846. The molecular weight excluding hydrogens is 393 g/mol. The molecule has 1 aromatic heterocycles. The molecule has 0 radical (unpaired) electrons. The van der Waals surface area contributed by atoms with Gasteiger partial charge < -0.3 is 4.74 Å². The lowest BCUT2D eigenvalue weighted by Crippen LogP contribution is -2.45. The van der Waals surface area contributed by atoms with Crippen molar-refractivity contribution in [3.05, 3.63) is 71.3 Å². The third kappa shape index (κ3) is 3.55. The van der Waals surface area contributed by atoms with Crippen molar-refractivity contribution in [1.29, 1.82) is 0 Å². The number of halogens is 3. The van der Waals surface area contributed by atoms with Gasteiger partial charge in [0.2, 0.25) is 5.16 Å². The summed E-state index contributed by atoms with van der Waals surface area (Å²) < 4.78 is 47.7. The number of amides is 1. The molecule has 0 spiro atoms. The highest BCUT2D eigenvalue weighted by Crippen LogP contribution is 2.25. The molecule has 6 nitrogen and oxygen atoms in total. The van der Waals surface area contributed by atoms with Crippen LogP contribution in [-0.2, 0) is 6.61 Å². The number of rotatable bonds is 4. The van der Waals surface area contributed by atoms with Gasteiger partial charge in [0, 0.05) is 17.4 Å². The number of hydrogen-bond donors (Lipinski definition) is 0. The third-order valence-corrected chi connectivity index (χ3v) is 4.89. The number of fused-ring (bicyclic) bond motifs is 1. The Labute approximate surface area is 161 Å². The van der Waals surface area contributed by atoms with E-state index >= 15 is 0 Å². The van der Waals surface area contributed by atoms with E-state index in [-0.39, 0.29) is 30.3 Å². The fourth-order valence-corrected chi connectivity index (χ4v) is 3.64. The molecule has 0 N–H and O–H groups in total. The number of para-hydroxylation sites is 1. The standard InChI is InChI=1S/C18H13F3N4O2S/c19-12-7-11(8-13(20)9-12)17(26)24-5-6-28-18-23-22-16(25(18)24)10-27-15-4-2-1-3-14(15)21/h1-4,7-9H,5-6,10H2. The molecule has 3 aromatic rings. The number of nitrogens with zero attached hydrogens (tertiary/aromatic N) is 4. The maximum atomic E-state index is 13.8. The highest BCUT2D eigenvalue weighted by atomic mass is 32.2. The summed E-state index contributed by atoms with van der Waals surface area (Å²) in [5.74, 6) is -1.99. The fourth-order valence-electron chi connectivity index (χ4n) is 2.76. The van der Waals surface area contributed by atoms with Crippen LogP contribution in [0.3, 0.4) is 0 Å². The summed E-state index contributed by atoms with van der Waals surface area (Å²) in [4.78, 5) is 12.9. The maximum Gasteiger partial charge on any atom is 0.273 e. The van der Waals surface area contributed by atoms with Gasteiger partial charge in [-0.05, 0) is 24.3 Å². The lowest BCUT2D eigenvalue weighted by atomic mass is 10.2. The Morgan fingerprint density at radius 2 is 1.86 bits per heavy atom. The van der Waals surface area contributed by atoms with Crippen molar-refractivity contribution in [3.63, 3.8) is 0 Å². The highest BCUT2D eigenvalue weighted by molar-refractivity contribution is 7.99. The monoisotopic (exact) mass is 406 g/mol. The fraction of sp³-hybridized carbons (Fsp3) is 0.167. The number of thioether (sulfide) groups is 1. The summed E-state index contributed by atoms with van der Waals surface area (Å²) in [6, 6.07) is 8.52. The highest BCUT2D eigenvalue weighted by Gasteiger charge is 2.29. The lowest BCUT2D eigenvalue weighted by Gasteiger charge is -2.29. The molecule has 0 atom stereocenters. The zero-order valence-corrected chi connectivity index (χ0v) is 15.1. The van der Waals surface area contributed by atoms with Crippen molar-refractivity contribution < 1.29 is 22.7 Å². The van der Waals surface area contributed by atoms with Crippen LogP contribution in [0.2, 0.25) is 0 Å². The molecule has 0 aliphatic carbocycles. The average Bonchev–Trinajstić information content (AvgIpc) is 3.09. The number of carbonyl (C=O) groups excluding carboxylic acids is 1. The molecule has 144 valence electrons. The molecule has 0 bridgehead atoms. The SMILES string of the molecule is O=C(c1cc(F)cc(F)c1)N1CCSc2nnc(COc3ccccc3F)n21. The van der Waals surface area contributed by atoms with E-state index in [1.54, 1.807) is 6.07 Å². The Morgan fingerprint density at radius 1 is 1.11 bits per heavy atom. The normalized spacial score (nSPS) is 13.3. The van der Waals surface area contributed by atoms with E-state index in [1.807, 2.05) is 0 Å². The lowest BCUT2D eigenvalue weighted by molar-refractivity contribution is 0.0951.